The predicted molar refractivity (Wildman–Crippen MR) is 63.5 cm³/mol. The Morgan fingerprint density at radius 3 is 2.11 bits per heavy atom. The summed E-state index contributed by atoms with van der Waals surface area (Å²) in [7, 11) is 1.50. The van der Waals surface area contributed by atoms with Crippen LogP contribution in [0.3, 0.4) is 0 Å². The van der Waals surface area contributed by atoms with E-state index < -0.39 is 0 Å². The lowest BCUT2D eigenvalue weighted by molar-refractivity contribution is -0.136. The maximum atomic E-state index is 11.9. The molecule has 2 rings (SSSR count). The van der Waals surface area contributed by atoms with E-state index >= 15 is 0 Å². The molecule has 0 N–H and O–H groups in total. The molecular weight excluding hydrogens is 234 g/mol. The van der Waals surface area contributed by atoms with Crippen molar-refractivity contribution in [3.05, 3.63) is 48.3 Å². The second-order valence-corrected chi connectivity index (χ2v) is 3.84. The van der Waals surface area contributed by atoms with Gasteiger partial charge in [0.1, 0.15) is 18.1 Å². The highest BCUT2D eigenvalue weighted by atomic mass is 16.5. The van der Waals surface area contributed by atoms with Crippen LogP contribution in [0.4, 0.5) is 0 Å². The van der Waals surface area contributed by atoms with Gasteiger partial charge in [0.15, 0.2) is 0 Å². The molecule has 0 aliphatic rings. The zero-order valence-electron chi connectivity index (χ0n) is 10.2. The molecule has 0 saturated heterocycles. The van der Waals surface area contributed by atoms with Crippen molar-refractivity contribution in [2.24, 2.45) is 0 Å². The first kappa shape index (κ1) is 12.4. The fourth-order valence-electron chi connectivity index (χ4n) is 1.63. The lowest BCUT2D eigenvalue weighted by atomic mass is 10.3. The van der Waals surface area contributed by atoms with E-state index in [1.54, 1.807) is 29.6 Å². The number of amides is 1. The molecule has 0 fully saturated rings. The Balaban J connectivity index is 2.04. The minimum atomic E-state index is -0.106. The van der Waals surface area contributed by atoms with E-state index in [1.807, 2.05) is 12.1 Å². The van der Waals surface area contributed by atoms with Gasteiger partial charge >= 0.3 is 0 Å². The Kier molecular flexibility index (Phi) is 4.20. The molecule has 0 unspecified atom stereocenters. The third-order valence-corrected chi connectivity index (χ3v) is 2.47. The third kappa shape index (κ3) is 3.24. The van der Waals surface area contributed by atoms with Crippen LogP contribution in [0.15, 0.2) is 45.6 Å². The van der Waals surface area contributed by atoms with E-state index in [0.29, 0.717) is 13.1 Å². The summed E-state index contributed by atoms with van der Waals surface area (Å²) < 4.78 is 15.4. The van der Waals surface area contributed by atoms with Gasteiger partial charge in [0.05, 0.1) is 25.6 Å². The van der Waals surface area contributed by atoms with Gasteiger partial charge in [0.25, 0.3) is 0 Å². The van der Waals surface area contributed by atoms with Crippen molar-refractivity contribution in [2.45, 2.75) is 13.1 Å². The van der Waals surface area contributed by atoms with Crippen molar-refractivity contribution in [3.63, 3.8) is 0 Å². The van der Waals surface area contributed by atoms with Crippen LogP contribution in [0.2, 0.25) is 0 Å². The van der Waals surface area contributed by atoms with Crippen LogP contribution in [-0.2, 0) is 22.6 Å². The Morgan fingerprint density at radius 1 is 1.17 bits per heavy atom. The summed E-state index contributed by atoms with van der Waals surface area (Å²) in [5.74, 6) is 1.35. The van der Waals surface area contributed by atoms with Crippen molar-refractivity contribution in [3.8, 4) is 0 Å². The van der Waals surface area contributed by atoms with Crippen LogP contribution in [0.5, 0.6) is 0 Å². The van der Waals surface area contributed by atoms with E-state index in [-0.39, 0.29) is 12.5 Å². The predicted octanol–water partition coefficient (Wildman–Crippen LogP) is 2.05. The van der Waals surface area contributed by atoms with E-state index in [1.165, 1.54) is 7.11 Å². The Hall–Kier alpha value is -2.01. The first-order valence-electron chi connectivity index (χ1n) is 5.61. The van der Waals surface area contributed by atoms with Crippen molar-refractivity contribution in [2.75, 3.05) is 13.7 Å². The third-order valence-electron chi connectivity index (χ3n) is 2.47. The summed E-state index contributed by atoms with van der Waals surface area (Å²) in [5, 5.41) is 0. The summed E-state index contributed by atoms with van der Waals surface area (Å²) >= 11 is 0. The molecule has 2 aromatic heterocycles. The Labute approximate surface area is 105 Å². The normalized spacial score (nSPS) is 10.5. The summed E-state index contributed by atoms with van der Waals surface area (Å²) in [6.45, 7) is 0.840. The number of hydrogen-bond donors (Lipinski definition) is 0. The molecule has 0 atom stereocenters. The van der Waals surface area contributed by atoms with Crippen molar-refractivity contribution in [1.29, 1.82) is 0 Å². The van der Waals surface area contributed by atoms with E-state index in [4.69, 9.17) is 13.6 Å². The van der Waals surface area contributed by atoms with Gasteiger partial charge in [-0.05, 0) is 24.3 Å². The second-order valence-electron chi connectivity index (χ2n) is 3.84. The zero-order valence-corrected chi connectivity index (χ0v) is 10.2. The fraction of sp³-hybridized carbons (Fsp3) is 0.308. The first-order valence-corrected chi connectivity index (χ1v) is 5.61. The SMILES string of the molecule is COCC(=O)N(Cc1ccco1)Cc1ccco1. The maximum Gasteiger partial charge on any atom is 0.249 e. The highest BCUT2D eigenvalue weighted by Gasteiger charge is 2.16. The molecule has 0 spiro atoms. The lowest BCUT2D eigenvalue weighted by Gasteiger charge is -2.20. The monoisotopic (exact) mass is 249 g/mol. The van der Waals surface area contributed by atoms with Crippen molar-refractivity contribution in [1.82, 2.24) is 4.90 Å². The van der Waals surface area contributed by atoms with Gasteiger partial charge in [0, 0.05) is 7.11 Å². The summed E-state index contributed by atoms with van der Waals surface area (Å²) in [6.07, 6.45) is 3.17. The van der Waals surface area contributed by atoms with E-state index in [9.17, 15) is 4.79 Å². The molecule has 0 saturated carbocycles. The van der Waals surface area contributed by atoms with Crippen LogP contribution in [0, 0.1) is 0 Å². The highest BCUT2D eigenvalue weighted by Crippen LogP contribution is 2.11. The van der Waals surface area contributed by atoms with Crippen LogP contribution in [0.25, 0.3) is 0 Å². The summed E-state index contributed by atoms with van der Waals surface area (Å²) in [5.41, 5.74) is 0. The standard InChI is InChI=1S/C13H15NO4/c1-16-10-13(15)14(8-11-4-2-6-17-11)9-12-5-3-7-18-12/h2-7H,8-10H2,1H3. The molecule has 0 aliphatic heterocycles. The van der Waals surface area contributed by atoms with E-state index in [2.05, 4.69) is 0 Å². The molecule has 2 heterocycles. The minimum Gasteiger partial charge on any atom is -0.467 e. The fourth-order valence-corrected chi connectivity index (χ4v) is 1.63. The lowest BCUT2D eigenvalue weighted by Crippen LogP contribution is -2.32. The Bertz CT molecular complexity index is 425. The second kappa shape index (κ2) is 6.07. The largest absolute Gasteiger partial charge is 0.467 e. The number of hydrogen-bond acceptors (Lipinski definition) is 4. The van der Waals surface area contributed by atoms with Crippen molar-refractivity contribution < 1.29 is 18.4 Å². The van der Waals surface area contributed by atoms with Gasteiger partial charge in [-0.15, -0.1) is 0 Å². The molecule has 0 radical (unpaired) electrons. The minimum absolute atomic E-state index is 0.0431. The summed E-state index contributed by atoms with van der Waals surface area (Å²) in [6, 6.07) is 7.24. The Morgan fingerprint density at radius 2 is 1.72 bits per heavy atom. The molecule has 2 aromatic rings. The smallest absolute Gasteiger partial charge is 0.249 e. The molecule has 5 nitrogen and oxygen atoms in total. The number of furan rings is 2. The van der Waals surface area contributed by atoms with Crippen LogP contribution in [-0.4, -0.2) is 24.5 Å². The van der Waals surface area contributed by atoms with Crippen LogP contribution < -0.4 is 0 Å². The van der Waals surface area contributed by atoms with Crippen LogP contribution >= 0.6 is 0 Å². The molecule has 0 bridgehead atoms. The van der Waals surface area contributed by atoms with Gasteiger partial charge < -0.3 is 18.5 Å². The van der Waals surface area contributed by atoms with Gasteiger partial charge in [-0.1, -0.05) is 0 Å². The number of methoxy groups -OCH3 is 1. The topological polar surface area (TPSA) is 55.8 Å². The average molecular weight is 249 g/mol. The highest BCUT2D eigenvalue weighted by molar-refractivity contribution is 5.77. The van der Waals surface area contributed by atoms with Gasteiger partial charge in [-0.3, -0.25) is 4.79 Å². The van der Waals surface area contributed by atoms with Gasteiger partial charge in [0.2, 0.25) is 5.91 Å². The molecular formula is C13H15NO4. The van der Waals surface area contributed by atoms with E-state index in [0.717, 1.165) is 11.5 Å². The first-order chi connectivity index (χ1) is 8.79. The molecule has 0 aromatic carbocycles. The molecule has 0 aliphatic carbocycles. The van der Waals surface area contributed by atoms with Gasteiger partial charge in [-0.2, -0.15) is 0 Å². The number of rotatable bonds is 6. The number of nitrogens with zero attached hydrogens (tertiary/aromatic N) is 1. The molecule has 5 heteroatoms. The number of carbonyl (C=O) groups is 1. The number of carbonyl (C=O) groups excluding carboxylic acids is 1. The van der Waals surface area contributed by atoms with Crippen molar-refractivity contribution >= 4 is 5.91 Å². The molecule has 96 valence electrons. The zero-order chi connectivity index (χ0) is 12.8. The average Bonchev–Trinajstić information content (AvgIpc) is 3.01. The van der Waals surface area contributed by atoms with Gasteiger partial charge in [-0.25, -0.2) is 0 Å². The maximum absolute atomic E-state index is 11.9. The van der Waals surface area contributed by atoms with Crippen LogP contribution in [0.1, 0.15) is 11.5 Å². The quantitative estimate of drug-likeness (QED) is 0.786. The molecule has 18 heavy (non-hydrogen) atoms. The summed E-state index contributed by atoms with van der Waals surface area (Å²) in [4.78, 5) is 13.5. The number of ether oxygens (including phenoxy) is 1. The molecule has 1 amide bonds.